The summed E-state index contributed by atoms with van der Waals surface area (Å²) in [6, 6.07) is 7.66. The molecule has 1 unspecified atom stereocenters. The summed E-state index contributed by atoms with van der Waals surface area (Å²) in [5.74, 6) is 0. The molecule has 0 spiro atoms. The number of rotatable bonds is 3. The van der Waals surface area contributed by atoms with Crippen molar-refractivity contribution in [1.82, 2.24) is 9.78 Å². The van der Waals surface area contributed by atoms with Crippen LogP contribution in [-0.4, -0.2) is 29.7 Å². The van der Waals surface area contributed by atoms with Crippen molar-refractivity contribution in [2.24, 2.45) is 0 Å². The van der Waals surface area contributed by atoms with Gasteiger partial charge in [-0.3, -0.25) is 0 Å². The van der Waals surface area contributed by atoms with E-state index in [2.05, 4.69) is 5.10 Å². The number of anilines is 1. The van der Waals surface area contributed by atoms with Crippen LogP contribution in [0.25, 0.3) is 11.3 Å². The van der Waals surface area contributed by atoms with Crippen LogP contribution in [0, 0.1) is 0 Å². The van der Waals surface area contributed by atoms with Crippen molar-refractivity contribution in [1.29, 1.82) is 0 Å². The second-order valence-corrected chi connectivity index (χ2v) is 9.29. The minimum Gasteiger partial charge on any atom is -0.398 e. The van der Waals surface area contributed by atoms with Crippen LogP contribution in [0.3, 0.4) is 0 Å². The SMILES string of the molecule is CP(C)(=O)c1cc(-c2ccnn2C2CCCCO2)ccc1N. The lowest BCUT2D eigenvalue weighted by Crippen LogP contribution is -2.20. The highest BCUT2D eigenvalue weighted by Crippen LogP contribution is 2.38. The molecule has 0 aliphatic carbocycles. The normalized spacial score (nSPS) is 19.3. The van der Waals surface area contributed by atoms with Crippen molar-refractivity contribution in [3.05, 3.63) is 30.5 Å². The van der Waals surface area contributed by atoms with Crippen molar-refractivity contribution in [3.63, 3.8) is 0 Å². The molecule has 3 rings (SSSR count). The van der Waals surface area contributed by atoms with Crippen molar-refractivity contribution >= 4 is 18.1 Å². The largest absolute Gasteiger partial charge is 0.398 e. The van der Waals surface area contributed by atoms with E-state index >= 15 is 0 Å². The highest BCUT2D eigenvalue weighted by Gasteiger charge is 2.21. The van der Waals surface area contributed by atoms with Crippen LogP contribution < -0.4 is 11.0 Å². The summed E-state index contributed by atoms with van der Waals surface area (Å²) >= 11 is 0. The third-order valence-electron chi connectivity index (χ3n) is 4.01. The van der Waals surface area contributed by atoms with Crippen molar-refractivity contribution in [3.8, 4) is 11.3 Å². The maximum Gasteiger partial charge on any atom is 0.150 e. The van der Waals surface area contributed by atoms with E-state index in [0.29, 0.717) is 5.69 Å². The van der Waals surface area contributed by atoms with E-state index in [1.807, 2.05) is 28.9 Å². The predicted molar refractivity (Wildman–Crippen MR) is 90.0 cm³/mol. The van der Waals surface area contributed by atoms with Gasteiger partial charge in [-0.1, -0.05) is 6.07 Å². The second-order valence-electron chi connectivity index (χ2n) is 6.11. The minimum atomic E-state index is -2.42. The monoisotopic (exact) mass is 319 g/mol. The Bertz CT molecular complexity index is 714. The molecule has 0 bridgehead atoms. The van der Waals surface area contributed by atoms with E-state index in [1.165, 1.54) is 0 Å². The molecule has 22 heavy (non-hydrogen) atoms. The topological polar surface area (TPSA) is 70.1 Å². The van der Waals surface area contributed by atoms with Gasteiger partial charge in [0, 0.05) is 29.4 Å². The van der Waals surface area contributed by atoms with Gasteiger partial charge < -0.3 is 15.0 Å². The van der Waals surface area contributed by atoms with Crippen molar-refractivity contribution in [2.45, 2.75) is 25.5 Å². The van der Waals surface area contributed by atoms with E-state index in [9.17, 15) is 4.57 Å². The smallest absolute Gasteiger partial charge is 0.150 e. The molecule has 0 amide bonds. The molecule has 1 fully saturated rings. The molecule has 118 valence electrons. The molecular weight excluding hydrogens is 297 g/mol. The van der Waals surface area contributed by atoms with Gasteiger partial charge in [0.2, 0.25) is 0 Å². The summed E-state index contributed by atoms with van der Waals surface area (Å²) in [6.07, 6.45) is 4.98. The van der Waals surface area contributed by atoms with Gasteiger partial charge in [0.25, 0.3) is 0 Å². The Kier molecular flexibility index (Phi) is 4.11. The molecular formula is C16H22N3O2P. The molecule has 5 nitrogen and oxygen atoms in total. The average Bonchev–Trinajstić information content (AvgIpc) is 2.97. The van der Waals surface area contributed by atoms with Crippen LogP contribution >= 0.6 is 7.14 Å². The first-order valence-corrected chi connectivity index (χ1v) is 10.2. The van der Waals surface area contributed by atoms with Crippen molar-refractivity contribution < 1.29 is 9.30 Å². The second kappa shape index (κ2) is 5.90. The highest BCUT2D eigenvalue weighted by molar-refractivity contribution is 7.70. The molecule has 1 aromatic heterocycles. The summed E-state index contributed by atoms with van der Waals surface area (Å²) in [4.78, 5) is 0. The van der Waals surface area contributed by atoms with E-state index < -0.39 is 7.14 Å². The van der Waals surface area contributed by atoms with E-state index in [-0.39, 0.29) is 6.23 Å². The molecule has 0 radical (unpaired) electrons. The van der Waals surface area contributed by atoms with Crippen LogP contribution in [0.15, 0.2) is 30.5 Å². The standard InChI is InChI=1S/C16H22N3O2P/c1-22(2,20)15-11-12(6-7-13(15)17)14-8-9-18-19(14)16-5-3-4-10-21-16/h6-9,11,16H,3-5,10,17H2,1-2H3. The quantitative estimate of drug-likeness (QED) is 0.697. The number of aromatic nitrogens is 2. The molecule has 1 aromatic carbocycles. The van der Waals surface area contributed by atoms with Crippen LogP contribution in [0.5, 0.6) is 0 Å². The van der Waals surface area contributed by atoms with E-state index in [4.69, 9.17) is 10.5 Å². The Balaban J connectivity index is 2.02. The fraction of sp³-hybridized carbons (Fsp3) is 0.438. The first kappa shape index (κ1) is 15.3. The van der Waals surface area contributed by atoms with Gasteiger partial charge >= 0.3 is 0 Å². The highest BCUT2D eigenvalue weighted by atomic mass is 31.2. The number of nitrogens with zero attached hydrogens (tertiary/aromatic N) is 2. The number of benzene rings is 1. The fourth-order valence-electron chi connectivity index (χ4n) is 2.86. The van der Waals surface area contributed by atoms with Gasteiger partial charge in [-0.2, -0.15) is 5.10 Å². The minimum absolute atomic E-state index is 0.0187. The summed E-state index contributed by atoms with van der Waals surface area (Å²) in [5.41, 5.74) is 8.52. The van der Waals surface area contributed by atoms with Crippen LogP contribution in [0.1, 0.15) is 25.5 Å². The van der Waals surface area contributed by atoms with Crippen LogP contribution in [-0.2, 0) is 9.30 Å². The summed E-state index contributed by atoms with van der Waals surface area (Å²) in [6.45, 7) is 4.25. The molecule has 2 heterocycles. The Morgan fingerprint density at radius 3 is 2.82 bits per heavy atom. The van der Waals surface area contributed by atoms with E-state index in [1.54, 1.807) is 19.5 Å². The molecule has 1 saturated heterocycles. The number of hydrogen-bond acceptors (Lipinski definition) is 4. The summed E-state index contributed by atoms with van der Waals surface area (Å²) in [7, 11) is -2.42. The first-order chi connectivity index (χ1) is 10.5. The lowest BCUT2D eigenvalue weighted by atomic mass is 10.1. The summed E-state index contributed by atoms with van der Waals surface area (Å²) < 4.78 is 20.2. The molecule has 6 heteroatoms. The number of ether oxygens (including phenoxy) is 1. The fourth-order valence-corrected chi connectivity index (χ4v) is 4.00. The Hall–Kier alpha value is -1.58. The zero-order chi connectivity index (χ0) is 15.7. The lowest BCUT2D eigenvalue weighted by molar-refractivity contribution is -0.0383. The molecule has 1 aliphatic heterocycles. The lowest BCUT2D eigenvalue weighted by Gasteiger charge is -2.24. The van der Waals surface area contributed by atoms with E-state index in [0.717, 1.165) is 42.4 Å². The van der Waals surface area contributed by atoms with Gasteiger partial charge in [-0.05, 0) is 50.8 Å². The predicted octanol–water partition coefficient (Wildman–Crippen LogP) is 3.08. The maximum atomic E-state index is 12.4. The first-order valence-electron chi connectivity index (χ1n) is 7.57. The molecule has 2 N–H and O–H groups in total. The number of hydrogen-bond donors (Lipinski definition) is 1. The molecule has 0 saturated carbocycles. The Morgan fingerprint density at radius 1 is 1.32 bits per heavy atom. The maximum absolute atomic E-state index is 12.4. The van der Waals surface area contributed by atoms with Crippen LogP contribution in [0.4, 0.5) is 5.69 Å². The molecule has 1 atom stereocenters. The van der Waals surface area contributed by atoms with Crippen molar-refractivity contribution in [2.75, 3.05) is 25.7 Å². The van der Waals surface area contributed by atoms with Gasteiger partial charge in [0.15, 0.2) is 6.23 Å². The Labute approximate surface area is 130 Å². The molecule has 1 aliphatic rings. The zero-order valence-corrected chi connectivity index (χ0v) is 13.9. The van der Waals surface area contributed by atoms with Gasteiger partial charge in [-0.15, -0.1) is 0 Å². The van der Waals surface area contributed by atoms with Gasteiger partial charge in [0.1, 0.15) is 7.14 Å². The average molecular weight is 319 g/mol. The van der Waals surface area contributed by atoms with Gasteiger partial charge in [-0.25, -0.2) is 4.68 Å². The summed E-state index contributed by atoms with van der Waals surface area (Å²) in [5, 5.41) is 5.15. The Morgan fingerprint density at radius 2 is 2.14 bits per heavy atom. The third kappa shape index (κ3) is 2.96. The van der Waals surface area contributed by atoms with Crippen LogP contribution in [0.2, 0.25) is 0 Å². The van der Waals surface area contributed by atoms with Gasteiger partial charge in [0.05, 0.1) is 5.69 Å². The molecule has 2 aromatic rings. The number of nitrogens with two attached hydrogens (primary N) is 1. The third-order valence-corrected chi connectivity index (χ3v) is 5.55. The zero-order valence-electron chi connectivity index (χ0n) is 13.0. The number of nitrogen functional groups attached to an aromatic ring is 1.